The second-order valence-corrected chi connectivity index (χ2v) is 8.72. The lowest BCUT2D eigenvalue weighted by molar-refractivity contribution is 0.0959. The molecule has 0 radical (unpaired) electrons. The van der Waals surface area contributed by atoms with E-state index in [9.17, 15) is 9.59 Å². The summed E-state index contributed by atoms with van der Waals surface area (Å²) in [4.78, 5) is 31.1. The van der Waals surface area contributed by atoms with Crippen LogP contribution in [-0.4, -0.2) is 58.2 Å². The van der Waals surface area contributed by atoms with E-state index in [-0.39, 0.29) is 23.9 Å². The molecular weight excluding hydrogens is 420 g/mol. The Morgan fingerprint density at radius 3 is 2.58 bits per heavy atom. The van der Waals surface area contributed by atoms with Crippen molar-refractivity contribution in [2.24, 2.45) is 0 Å². The first-order valence-electron chi connectivity index (χ1n) is 11.5. The number of ether oxygens (including phenoxy) is 2. The van der Waals surface area contributed by atoms with Gasteiger partial charge in [0.05, 0.1) is 18.2 Å². The van der Waals surface area contributed by atoms with Crippen molar-refractivity contribution in [2.75, 3.05) is 26.8 Å². The van der Waals surface area contributed by atoms with Crippen LogP contribution in [0.2, 0.25) is 0 Å². The van der Waals surface area contributed by atoms with E-state index in [0.717, 1.165) is 41.6 Å². The Bertz CT molecular complexity index is 1240. The van der Waals surface area contributed by atoms with Gasteiger partial charge in [0.1, 0.15) is 6.61 Å². The Hall–Kier alpha value is -3.42. The van der Waals surface area contributed by atoms with Crippen LogP contribution < -0.4 is 4.74 Å². The molecule has 5 rings (SSSR count). The molecule has 0 bridgehead atoms. The second kappa shape index (κ2) is 8.17. The van der Waals surface area contributed by atoms with Gasteiger partial charge in [-0.15, -0.1) is 5.10 Å². The Morgan fingerprint density at radius 2 is 1.88 bits per heavy atom. The van der Waals surface area contributed by atoms with Crippen molar-refractivity contribution >= 4 is 17.5 Å². The van der Waals surface area contributed by atoms with Crippen LogP contribution in [0.4, 0.5) is 4.79 Å². The number of aromatic nitrogens is 3. The zero-order valence-electron chi connectivity index (χ0n) is 19.3. The van der Waals surface area contributed by atoms with Gasteiger partial charge in [0, 0.05) is 30.6 Å². The van der Waals surface area contributed by atoms with Gasteiger partial charge < -0.3 is 14.4 Å². The second-order valence-electron chi connectivity index (χ2n) is 8.72. The minimum absolute atomic E-state index is 0.183. The molecule has 8 nitrogen and oxygen atoms in total. The molecule has 2 aliphatic rings. The van der Waals surface area contributed by atoms with Crippen LogP contribution in [0.5, 0.6) is 5.75 Å². The quantitative estimate of drug-likeness (QED) is 0.542. The van der Waals surface area contributed by atoms with E-state index in [1.807, 2.05) is 44.2 Å². The largest absolute Gasteiger partial charge is 0.493 e. The van der Waals surface area contributed by atoms with Gasteiger partial charge in [0.2, 0.25) is 0 Å². The summed E-state index contributed by atoms with van der Waals surface area (Å²) in [5.41, 5.74) is 3.95. The topological polar surface area (TPSA) is 86.0 Å². The summed E-state index contributed by atoms with van der Waals surface area (Å²) in [5, 5.41) is 4.88. The number of amides is 1. The predicted molar refractivity (Wildman–Crippen MR) is 123 cm³/mol. The van der Waals surface area contributed by atoms with Gasteiger partial charge in [-0.1, -0.05) is 18.2 Å². The number of rotatable bonds is 7. The molecule has 1 fully saturated rings. The van der Waals surface area contributed by atoms with Crippen molar-refractivity contribution in [1.29, 1.82) is 0 Å². The van der Waals surface area contributed by atoms with Crippen LogP contribution in [0.25, 0.3) is 16.9 Å². The molecule has 0 unspecified atom stereocenters. The van der Waals surface area contributed by atoms with Crippen molar-refractivity contribution in [3.63, 3.8) is 0 Å². The first-order valence-corrected chi connectivity index (χ1v) is 11.5. The Kier molecular flexibility index (Phi) is 5.31. The highest BCUT2D eigenvalue weighted by molar-refractivity contribution is 6.02. The SMILES string of the molecule is CCN(CC)C(=O)OCC1(c2nc3c(OC)ccc(-c4cccc5c4CCC5=O)n3n2)CC1. The van der Waals surface area contributed by atoms with Gasteiger partial charge in [0.25, 0.3) is 0 Å². The van der Waals surface area contributed by atoms with Gasteiger partial charge in [-0.05, 0) is 50.8 Å². The molecule has 0 aliphatic heterocycles. The number of ketones is 1. The Morgan fingerprint density at radius 1 is 1.12 bits per heavy atom. The maximum Gasteiger partial charge on any atom is 0.409 e. The summed E-state index contributed by atoms with van der Waals surface area (Å²) >= 11 is 0. The minimum atomic E-state index is -0.369. The third kappa shape index (κ3) is 3.53. The maximum absolute atomic E-state index is 12.4. The van der Waals surface area contributed by atoms with E-state index in [4.69, 9.17) is 19.6 Å². The van der Waals surface area contributed by atoms with Gasteiger partial charge >= 0.3 is 6.09 Å². The highest BCUT2D eigenvalue weighted by Gasteiger charge is 2.50. The molecule has 172 valence electrons. The summed E-state index contributed by atoms with van der Waals surface area (Å²) in [6.07, 6.45) is 2.68. The summed E-state index contributed by atoms with van der Waals surface area (Å²) in [6, 6.07) is 9.69. The summed E-state index contributed by atoms with van der Waals surface area (Å²) < 4.78 is 13.0. The number of benzene rings is 1. The highest BCUT2D eigenvalue weighted by atomic mass is 16.6. The fourth-order valence-corrected chi connectivity index (χ4v) is 4.61. The lowest BCUT2D eigenvalue weighted by atomic mass is 10.00. The van der Waals surface area contributed by atoms with Crippen molar-refractivity contribution in [2.45, 2.75) is 44.9 Å². The molecule has 8 heteroatoms. The third-order valence-electron chi connectivity index (χ3n) is 6.84. The first-order chi connectivity index (χ1) is 16.0. The molecule has 1 amide bonds. The molecule has 1 aromatic carbocycles. The summed E-state index contributed by atoms with van der Waals surface area (Å²) in [5.74, 6) is 1.46. The monoisotopic (exact) mass is 448 g/mol. The van der Waals surface area contributed by atoms with E-state index < -0.39 is 0 Å². The Balaban J connectivity index is 1.53. The number of nitrogens with zero attached hydrogens (tertiary/aromatic N) is 4. The van der Waals surface area contributed by atoms with Gasteiger partial charge in [0.15, 0.2) is 23.0 Å². The Labute approximate surface area is 192 Å². The average molecular weight is 449 g/mol. The zero-order valence-corrected chi connectivity index (χ0v) is 19.3. The van der Waals surface area contributed by atoms with E-state index in [2.05, 4.69) is 0 Å². The van der Waals surface area contributed by atoms with Crippen LogP contribution in [0.15, 0.2) is 30.3 Å². The lowest BCUT2D eigenvalue weighted by Gasteiger charge is -2.20. The number of hydrogen-bond donors (Lipinski definition) is 0. The molecule has 3 aromatic rings. The number of hydrogen-bond acceptors (Lipinski definition) is 6. The standard InChI is InChI=1S/C25H28N4O4/c1-4-28(5-2)24(31)33-15-25(13-14-25)23-26-22-21(32-3)12-10-19(29(22)27-23)17-7-6-8-18-16(17)9-11-20(18)30/h6-8,10,12H,4-5,9,11,13-15H2,1-3H3. The molecule has 2 aromatic heterocycles. The normalized spacial score (nSPS) is 16.0. The van der Waals surface area contributed by atoms with Crippen LogP contribution in [-0.2, 0) is 16.6 Å². The number of fused-ring (bicyclic) bond motifs is 2. The van der Waals surface area contributed by atoms with E-state index in [1.165, 1.54) is 0 Å². The van der Waals surface area contributed by atoms with Crippen LogP contribution in [0, 0.1) is 0 Å². The lowest BCUT2D eigenvalue weighted by Crippen LogP contribution is -2.33. The van der Waals surface area contributed by atoms with Crippen molar-refractivity contribution in [3.8, 4) is 17.0 Å². The minimum Gasteiger partial charge on any atom is -0.493 e. The number of carbonyl (C=O) groups is 2. The summed E-state index contributed by atoms with van der Waals surface area (Å²) in [7, 11) is 1.61. The number of pyridine rings is 1. The van der Waals surface area contributed by atoms with Gasteiger partial charge in [-0.2, -0.15) is 0 Å². The number of carbonyl (C=O) groups excluding carboxylic acids is 2. The van der Waals surface area contributed by atoms with E-state index >= 15 is 0 Å². The number of methoxy groups -OCH3 is 1. The molecule has 1 saturated carbocycles. The first kappa shape index (κ1) is 21.4. The molecule has 2 heterocycles. The van der Waals surface area contributed by atoms with E-state index in [1.54, 1.807) is 16.5 Å². The molecule has 0 N–H and O–H groups in total. The van der Waals surface area contributed by atoms with Crippen molar-refractivity contribution in [3.05, 3.63) is 47.3 Å². The predicted octanol–water partition coefficient (Wildman–Crippen LogP) is 4.04. The highest BCUT2D eigenvalue weighted by Crippen LogP contribution is 2.47. The van der Waals surface area contributed by atoms with Crippen LogP contribution in [0.3, 0.4) is 0 Å². The zero-order chi connectivity index (χ0) is 23.2. The summed E-state index contributed by atoms with van der Waals surface area (Å²) in [6.45, 7) is 5.34. The van der Waals surface area contributed by atoms with Gasteiger partial charge in [-0.25, -0.2) is 14.3 Å². The number of Topliss-reactive ketones (excluding diaryl/α,β-unsaturated/α-hetero) is 1. The third-order valence-corrected chi connectivity index (χ3v) is 6.84. The molecule has 0 atom stereocenters. The molecular formula is C25H28N4O4. The fraction of sp³-hybridized carbons (Fsp3) is 0.440. The molecule has 33 heavy (non-hydrogen) atoms. The van der Waals surface area contributed by atoms with Gasteiger partial charge in [-0.3, -0.25) is 4.79 Å². The molecule has 0 spiro atoms. The maximum atomic E-state index is 12.4. The van der Waals surface area contributed by atoms with Crippen molar-refractivity contribution < 1.29 is 19.1 Å². The van der Waals surface area contributed by atoms with E-state index in [0.29, 0.717) is 36.7 Å². The fourth-order valence-electron chi connectivity index (χ4n) is 4.61. The smallest absolute Gasteiger partial charge is 0.409 e. The van der Waals surface area contributed by atoms with Crippen LogP contribution >= 0.6 is 0 Å². The van der Waals surface area contributed by atoms with Crippen LogP contribution in [0.1, 0.15) is 54.9 Å². The average Bonchev–Trinajstić information content (AvgIpc) is 3.33. The molecule has 2 aliphatic carbocycles. The molecule has 0 saturated heterocycles. The van der Waals surface area contributed by atoms with Crippen molar-refractivity contribution in [1.82, 2.24) is 19.5 Å².